The van der Waals surface area contributed by atoms with Crippen molar-refractivity contribution in [3.8, 4) is 16.9 Å². The molecule has 3 fully saturated rings. The summed E-state index contributed by atoms with van der Waals surface area (Å²) in [6.45, 7) is 3.69. The van der Waals surface area contributed by atoms with Crippen LogP contribution >= 0.6 is 0 Å². The van der Waals surface area contributed by atoms with Gasteiger partial charge in [0.15, 0.2) is 0 Å². The molecule has 2 saturated heterocycles. The van der Waals surface area contributed by atoms with Gasteiger partial charge in [0, 0.05) is 23.4 Å². The third-order valence-electron chi connectivity index (χ3n) is 8.13. The van der Waals surface area contributed by atoms with Gasteiger partial charge in [-0.2, -0.15) is 0 Å². The topological polar surface area (TPSA) is 163 Å². The highest BCUT2D eigenvalue weighted by atomic mass is 16.8. The Morgan fingerprint density at radius 3 is 2.44 bits per heavy atom. The van der Waals surface area contributed by atoms with Crippen molar-refractivity contribution in [2.24, 2.45) is 5.92 Å². The molecule has 39 heavy (non-hydrogen) atoms. The highest BCUT2D eigenvalue weighted by molar-refractivity contribution is 5.78. The molecule has 11 nitrogen and oxygen atoms in total. The minimum Gasteiger partial charge on any atom is -0.508 e. The van der Waals surface area contributed by atoms with E-state index in [9.17, 15) is 25.2 Å². The van der Waals surface area contributed by atoms with Crippen LogP contribution in [-0.4, -0.2) is 93.0 Å². The number of hydrogen-bond acceptors (Lipinski definition) is 10. The number of carbonyl (C=O) groups is 1. The molecule has 0 bridgehead atoms. The number of pyridine rings is 1. The standard InChI is InChI=1S/C28H37N3O8/c1-4-19-23(34)22(29-3)25-26(24(19)35)38-27-28(36,39-25)20(11-14(2)37-27)31-21(33)12-17-8-5-16(13-30-17)15-6-9-18(32)10-7-15/h5-10,13-14,19-20,22-27,29,32,34-36H,4,11-12H2,1-3H3,(H,31,33)/t14-,19-,20-,22+,23+,24+,25-,26-,27+,28+/m1/s1. The first-order chi connectivity index (χ1) is 18.6. The van der Waals surface area contributed by atoms with Crippen LogP contribution in [0.25, 0.3) is 11.1 Å². The van der Waals surface area contributed by atoms with E-state index in [1.807, 2.05) is 19.9 Å². The Morgan fingerprint density at radius 1 is 1.08 bits per heavy atom. The molecule has 11 heteroatoms. The van der Waals surface area contributed by atoms with Crippen molar-refractivity contribution in [2.75, 3.05) is 7.05 Å². The number of fused-ring (bicyclic) bond motifs is 2. The molecule has 2 aromatic rings. The summed E-state index contributed by atoms with van der Waals surface area (Å²) in [5.41, 5.74) is 2.27. The Hall–Kier alpha value is -2.64. The molecule has 1 aliphatic carbocycles. The van der Waals surface area contributed by atoms with Gasteiger partial charge in [0.05, 0.1) is 36.8 Å². The summed E-state index contributed by atoms with van der Waals surface area (Å²) in [5, 5.41) is 48.9. The van der Waals surface area contributed by atoms with E-state index in [1.165, 1.54) is 0 Å². The van der Waals surface area contributed by atoms with Crippen LogP contribution in [0.2, 0.25) is 0 Å². The number of aromatic nitrogens is 1. The second-order valence-corrected chi connectivity index (χ2v) is 10.7. The Labute approximate surface area is 227 Å². The van der Waals surface area contributed by atoms with Gasteiger partial charge in [0.1, 0.15) is 18.0 Å². The van der Waals surface area contributed by atoms with Gasteiger partial charge in [-0.05, 0) is 50.6 Å². The summed E-state index contributed by atoms with van der Waals surface area (Å²) in [6.07, 6.45) is -2.83. The fourth-order valence-corrected chi connectivity index (χ4v) is 6.00. The lowest BCUT2D eigenvalue weighted by Crippen LogP contribution is -2.77. The molecule has 0 radical (unpaired) electrons. The largest absolute Gasteiger partial charge is 0.508 e. The van der Waals surface area contributed by atoms with Gasteiger partial charge in [-0.15, -0.1) is 0 Å². The van der Waals surface area contributed by atoms with E-state index in [0.29, 0.717) is 12.1 Å². The number of phenolic OH excluding ortho intramolecular Hbond substituents is 1. The lowest BCUT2D eigenvalue weighted by molar-refractivity contribution is -0.450. The number of nitrogens with zero attached hydrogens (tertiary/aromatic N) is 1. The minimum absolute atomic E-state index is 0.0238. The molecule has 10 atom stereocenters. The van der Waals surface area contributed by atoms with Crippen LogP contribution in [0.5, 0.6) is 5.75 Å². The first kappa shape index (κ1) is 27.9. The van der Waals surface area contributed by atoms with E-state index >= 15 is 0 Å². The Kier molecular flexibility index (Phi) is 7.93. The second-order valence-electron chi connectivity index (χ2n) is 10.7. The van der Waals surface area contributed by atoms with Gasteiger partial charge < -0.3 is 45.3 Å². The van der Waals surface area contributed by atoms with Gasteiger partial charge in [-0.25, -0.2) is 0 Å². The number of aliphatic hydroxyl groups excluding tert-OH is 2. The van der Waals surface area contributed by atoms with Crippen molar-refractivity contribution < 1.29 is 39.4 Å². The summed E-state index contributed by atoms with van der Waals surface area (Å²) < 4.78 is 18.2. The quantitative estimate of drug-likeness (QED) is 0.301. The summed E-state index contributed by atoms with van der Waals surface area (Å²) in [6, 6.07) is 8.88. The number of amides is 1. The van der Waals surface area contributed by atoms with Crippen LogP contribution in [0.3, 0.4) is 0 Å². The van der Waals surface area contributed by atoms with Crippen molar-refractivity contribution in [1.29, 1.82) is 0 Å². The first-order valence-corrected chi connectivity index (χ1v) is 13.4. The molecule has 2 aliphatic heterocycles. The fraction of sp³-hybridized carbons (Fsp3) is 0.571. The van der Waals surface area contributed by atoms with Crippen LogP contribution in [0.15, 0.2) is 42.6 Å². The zero-order valence-corrected chi connectivity index (χ0v) is 22.2. The zero-order chi connectivity index (χ0) is 27.9. The second kappa shape index (κ2) is 11.1. The molecular formula is C28H37N3O8. The number of rotatable bonds is 6. The molecule has 3 aliphatic rings. The van der Waals surface area contributed by atoms with Crippen molar-refractivity contribution in [1.82, 2.24) is 15.6 Å². The van der Waals surface area contributed by atoms with E-state index in [-0.39, 0.29) is 30.6 Å². The lowest BCUT2D eigenvalue weighted by atomic mass is 9.74. The van der Waals surface area contributed by atoms with Gasteiger partial charge >= 0.3 is 0 Å². The van der Waals surface area contributed by atoms with Crippen molar-refractivity contribution in [3.05, 3.63) is 48.3 Å². The molecular weight excluding hydrogens is 506 g/mol. The van der Waals surface area contributed by atoms with Gasteiger partial charge in [-0.3, -0.25) is 9.78 Å². The third kappa shape index (κ3) is 5.28. The van der Waals surface area contributed by atoms with E-state index in [2.05, 4.69) is 15.6 Å². The number of phenols is 1. The molecule has 3 heterocycles. The summed E-state index contributed by atoms with van der Waals surface area (Å²) in [5.74, 6) is -2.66. The number of aromatic hydroxyl groups is 1. The Bertz CT molecular complexity index is 1150. The van der Waals surface area contributed by atoms with E-state index in [4.69, 9.17) is 14.2 Å². The zero-order valence-electron chi connectivity index (χ0n) is 22.2. The monoisotopic (exact) mass is 543 g/mol. The van der Waals surface area contributed by atoms with Crippen molar-refractivity contribution in [2.45, 2.75) is 87.8 Å². The molecule has 5 rings (SSSR count). The maximum Gasteiger partial charge on any atom is 0.239 e. The average Bonchev–Trinajstić information content (AvgIpc) is 2.90. The summed E-state index contributed by atoms with van der Waals surface area (Å²) >= 11 is 0. The van der Waals surface area contributed by atoms with E-state index < -0.39 is 54.5 Å². The van der Waals surface area contributed by atoms with Gasteiger partial charge in [0.2, 0.25) is 18.0 Å². The van der Waals surface area contributed by atoms with Gasteiger partial charge in [-0.1, -0.05) is 25.1 Å². The number of likely N-dealkylation sites (N-methyl/N-ethyl adjacent to an activating group) is 1. The van der Waals surface area contributed by atoms with Crippen LogP contribution in [0.4, 0.5) is 0 Å². The predicted octanol–water partition coefficient (Wildman–Crippen LogP) is 0.439. The van der Waals surface area contributed by atoms with Crippen LogP contribution in [0.1, 0.15) is 32.4 Å². The molecule has 1 amide bonds. The van der Waals surface area contributed by atoms with Crippen LogP contribution in [-0.2, 0) is 25.4 Å². The molecule has 1 aromatic heterocycles. The van der Waals surface area contributed by atoms with Gasteiger partial charge in [0.25, 0.3) is 0 Å². The maximum atomic E-state index is 13.1. The molecule has 0 spiro atoms. The highest BCUT2D eigenvalue weighted by Crippen LogP contribution is 2.43. The highest BCUT2D eigenvalue weighted by Gasteiger charge is 2.63. The third-order valence-corrected chi connectivity index (χ3v) is 8.13. The van der Waals surface area contributed by atoms with Crippen molar-refractivity contribution >= 4 is 5.91 Å². The van der Waals surface area contributed by atoms with Crippen LogP contribution in [0, 0.1) is 5.92 Å². The molecule has 1 aromatic carbocycles. The number of hydrogen-bond donors (Lipinski definition) is 6. The van der Waals surface area contributed by atoms with Crippen LogP contribution < -0.4 is 10.6 Å². The summed E-state index contributed by atoms with van der Waals surface area (Å²) in [4.78, 5) is 17.5. The number of nitrogens with one attached hydrogen (secondary N) is 2. The maximum absolute atomic E-state index is 13.1. The average molecular weight is 544 g/mol. The number of carbonyl (C=O) groups excluding carboxylic acids is 1. The number of aliphatic hydroxyl groups is 3. The number of benzene rings is 1. The number of ether oxygens (including phenoxy) is 3. The SMILES string of the molecule is CC[C@@H]1[C@H](O)[C@H](NC)[C@H]2O[C@]3(O)[C@H](O[C@@H]2[C@H]1O)O[C@H](C)C[C@H]3NC(=O)Cc1ccc(-c2ccc(O)cc2)cn1. The predicted molar refractivity (Wildman–Crippen MR) is 139 cm³/mol. The Balaban J connectivity index is 1.30. The smallest absolute Gasteiger partial charge is 0.239 e. The molecule has 212 valence electrons. The lowest BCUT2D eigenvalue weighted by Gasteiger charge is -2.58. The minimum atomic E-state index is -2.03. The first-order valence-electron chi connectivity index (χ1n) is 13.4. The molecule has 1 saturated carbocycles. The van der Waals surface area contributed by atoms with Crippen molar-refractivity contribution in [3.63, 3.8) is 0 Å². The Morgan fingerprint density at radius 2 is 1.79 bits per heavy atom. The van der Waals surface area contributed by atoms with E-state index in [0.717, 1.165) is 11.1 Å². The summed E-state index contributed by atoms with van der Waals surface area (Å²) in [7, 11) is 1.67. The fourth-order valence-electron chi connectivity index (χ4n) is 6.00. The molecule has 6 N–H and O–H groups in total. The molecule has 0 unspecified atom stereocenters. The van der Waals surface area contributed by atoms with E-state index in [1.54, 1.807) is 43.6 Å². The normalized spacial score (nSPS) is 37.9.